The lowest BCUT2D eigenvalue weighted by Crippen LogP contribution is -2.50. The first kappa shape index (κ1) is 27.4. The number of benzene rings is 2. The molecule has 1 aromatic heterocycles. The van der Waals surface area contributed by atoms with Gasteiger partial charge in [0.2, 0.25) is 0 Å². The number of anilines is 1. The molecule has 218 valence electrons. The molecule has 41 heavy (non-hydrogen) atoms. The van der Waals surface area contributed by atoms with Crippen LogP contribution in [0.2, 0.25) is 0 Å². The number of fused-ring (bicyclic) bond motifs is 3. The summed E-state index contributed by atoms with van der Waals surface area (Å²) in [6.07, 6.45) is 1.87. The van der Waals surface area contributed by atoms with Crippen molar-refractivity contribution in [2.75, 3.05) is 64.5 Å². The van der Waals surface area contributed by atoms with Crippen molar-refractivity contribution in [2.24, 2.45) is 0 Å². The Kier molecular flexibility index (Phi) is 7.52. The van der Waals surface area contributed by atoms with Crippen LogP contribution in [0.3, 0.4) is 0 Å². The van der Waals surface area contributed by atoms with Crippen LogP contribution in [0.4, 0.5) is 10.5 Å². The number of morpholine rings is 1. The number of imidazole rings is 1. The molecule has 0 N–H and O–H groups in total. The predicted molar refractivity (Wildman–Crippen MR) is 156 cm³/mol. The number of carbonyl (C=O) groups excluding carboxylic acids is 1. The summed E-state index contributed by atoms with van der Waals surface area (Å²) in [7, 11) is 1.70. The van der Waals surface area contributed by atoms with E-state index in [4.69, 9.17) is 23.9 Å². The topological polar surface area (TPSA) is 81.5 Å². The third kappa shape index (κ3) is 5.99. The lowest BCUT2D eigenvalue weighted by molar-refractivity contribution is 0.0240. The average molecular weight is 562 g/mol. The van der Waals surface area contributed by atoms with Crippen LogP contribution in [0.25, 0.3) is 16.8 Å². The van der Waals surface area contributed by atoms with Crippen molar-refractivity contribution in [3.8, 4) is 28.3 Å². The maximum atomic E-state index is 12.5. The van der Waals surface area contributed by atoms with Gasteiger partial charge in [0.25, 0.3) is 0 Å². The zero-order valence-corrected chi connectivity index (χ0v) is 24.4. The van der Waals surface area contributed by atoms with E-state index in [0.29, 0.717) is 32.8 Å². The van der Waals surface area contributed by atoms with Crippen LogP contribution >= 0.6 is 0 Å². The van der Waals surface area contributed by atoms with Gasteiger partial charge in [-0.3, -0.25) is 9.47 Å². The summed E-state index contributed by atoms with van der Waals surface area (Å²) in [5.74, 6) is 2.56. The lowest BCUT2D eigenvalue weighted by Gasteiger charge is -2.37. The van der Waals surface area contributed by atoms with E-state index in [-0.39, 0.29) is 6.09 Å². The molecular formula is C31H39N5O5. The summed E-state index contributed by atoms with van der Waals surface area (Å²) in [5.41, 5.74) is 4.68. The van der Waals surface area contributed by atoms with Crippen molar-refractivity contribution in [3.63, 3.8) is 0 Å². The molecule has 0 aliphatic carbocycles. The number of hydrogen-bond donors (Lipinski definition) is 0. The Morgan fingerprint density at radius 1 is 0.951 bits per heavy atom. The zero-order valence-electron chi connectivity index (χ0n) is 24.4. The van der Waals surface area contributed by atoms with Gasteiger partial charge in [-0.25, -0.2) is 9.78 Å². The first-order valence-corrected chi connectivity index (χ1v) is 14.3. The maximum absolute atomic E-state index is 12.5. The summed E-state index contributed by atoms with van der Waals surface area (Å²) in [6, 6.07) is 12.6. The van der Waals surface area contributed by atoms with Gasteiger partial charge in [0.1, 0.15) is 23.7 Å². The molecule has 2 aromatic carbocycles. The van der Waals surface area contributed by atoms with E-state index in [9.17, 15) is 4.79 Å². The van der Waals surface area contributed by atoms with Gasteiger partial charge in [-0.05, 0) is 56.2 Å². The molecule has 0 spiro atoms. The van der Waals surface area contributed by atoms with E-state index in [2.05, 4.69) is 57.0 Å². The van der Waals surface area contributed by atoms with Crippen LogP contribution in [0.5, 0.6) is 11.5 Å². The van der Waals surface area contributed by atoms with Crippen molar-refractivity contribution in [3.05, 3.63) is 54.1 Å². The second-order valence-electron chi connectivity index (χ2n) is 11.7. The Balaban J connectivity index is 1.16. The van der Waals surface area contributed by atoms with E-state index < -0.39 is 5.60 Å². The highest BCUT2D eigenvalue weighted by molar-refractivity contribution is 5.74. The van der Waals surface area contributed by atoms with Gasteiger partial charge in [-0.1, -0.05) is 12.1 Å². The molecule has 0 saturated carbocycles. The van der Waals surface area contributed by atoms with Gasteiger partial charge in [-0.15, -0.1) is 0 Å². The molecule has 10 heteroatoms. The molecule has 2 fully saturated rings. The van der Waals surface area contributed by atoms with Crippen LogP contribution < -0.4 is 14.4 Å². The molecule has 2 saturated heterocycles. The quantitative estimate of drug-likeness (QED) is 0.456. The minimum atomic E-state index is -0.498. The van der Waals surface area contributed by atoms with Crippen LogP contribution in [-0.4, -0.2) is 90.6 Å². The molecule has 0 atom stereocenters. The molecule has 4 heterocycles. The van der Waals surface area contributed by atoms with Gasteiger partial charge in [-0.2, -0.15) is 0 Å². The fraction of sp³-hybridized carbons (Fsp3) is 0.484. The molecule has 3 aliphatic rings. The summed E-state index contributed by atoms with van der Waals surface area (Å²) < 4.78 is 25.1. The number of aromatic nitrogens is 2. The number of nitrogens with zero attached hydrogens (tertiary/aromatic N) is 5. The number of piperazine rings is 1. The van der Waals surface area contributed by atoms with Gasteiger partial charge >= 0.3 is 6.09 Å². The monoisotopic (exact) mass is 561 g/mol. The van der Waals surface area contributed by atoms with Crippen molar-refractivity contribution in [2.45, 2.75) is 39.5 Å². The van der Waals surface area contributed by atoms with E-state index in [0.717, 1.165) is 78.4 Å². The highest BCUT2D eigenvalue weighted by atomic mass is 16.6. The van der Waals surface area contributed by atoms with Crippen molar-refractivity contribution in [1.82, 2.24) is 19.4 Å². The van der Waals surface area contributed by atoms with E-state index in [1.165, 1.54) is 0 Å². The minimum absolute atomic E-state index is 0.259. The SMILES string of the molecule is COc1cc(-c2ccc3c(c2)OCc2nc(CN4CCOCC4)cn2-3)ccc1N1CCN(C(=O)OC(C)(C)C)CC1. The molecular weight excluding hydrogens is 522 g/mol. The minimum Gasteiger partial charge on any atom is -0.495 e. The second-order valence-corrected chi connectivity index (χ2v) is 11.7. The molecule has 0 radical (unpaired) electrons. The van der Waals surface area contributed by atoms with Crippen LogP contribution in [0.1, 0.15) is 32.3 Å². The third-order valence-corrected chi connectivity index (χ3v) is 7.68. The van der Waals surface area contributed by atoms with Crippen molar-refractivity contribution < 1.29 is 23.7 Å². The molecule has 6 rings (SSSR count). The fourth-order valence-electron chi connectivity index (χ4n) is 5.57. The molecule has 1 amide bonds. The lowest BCUT2D eigenvalue weighted by atomic mass is 10.0. The molecule has 3 aliphatic heterocycles. The summed E-state index contributed by atoms with van der Waals surface area (Å²) in [6.45, 7) is 13.0. The molecule has 0 bridgehead atoms. The Labute approximate surface area is 241 Å². The Morgan fingerprint density at radius 2 is 1.66 bits per heavy atom. The van der Waals surface area contributed by atoms with E-state index in [1.54, 1.807) is 12.0 Å². The van der Waals surface area contributed by atoms with E-state index in [1.807, 2.05) is 20.8 Å². The first-order chi connectivity index (χ1) is 19.8. The Bertz CT molecular complexity index is 1400. The number of rotatable bonds is 5. The number of carbonyl (C=O) groups is 1. The number of methoxy groups -OCH3 is 1. The fourth-order valence-corrected chi connectivity index (χ4v) is 5.57. The normalized spacial score (nSPS) is 17.5. The average Bonchev–Trinajstić information content (AvgIpc) is 3.39. The highest BCUT2D eigenvalue weighted by Crippen LogP contribution is 2.38. The van der Waals surface area contributed by atoms with Crippen LogP contribution in [0.15, 0.2) is 42.6 Å². The van der Waals surface area contributed by atoms with Gasteiger partial charge in [0, 0.05) is 52.0 Å². The Morgan fingerprint density at radius 3 is 2.37 bits per heavy atom. The third-order valence-electron chi connectivity index (χ3n) is 7.68. The van der Waals surface area contributed by atoms with E-state index >= 15 is 0 Å². The molecule has 0 unspecified atom stereocenters. The van der Waals surface area contributed by atoms with Crippen LogP contribution in [-0.2, 0) is 22.6 Å². The first-order valence-electron chi connectivity index (χ1n) is 14.3. The van der Waals surface area contributed by atoms with Crippen LogP contribution in [0, 0.1) is 0 Å². The maximum Gasteiger partial charge on any atom is 0.410 e. The highest BCUT2D eigenvalue weighted by Gasteiger charge is 2.27. The molecule has 10 nitrogen and oxygen atoms in total. The van der Waals surface area contributed by atoms with Gasteiger partial charge < -0.3 is 28.7 Å². The zero-order chi connectivity index (χ0) is 28.6. The second kappa shape index (κ2) is 11.3. The largest absolute Gasteiger partial charge is 0.495 e. The summed E-state index contributed by atoms with van der Waals surface area (Å²) >= 11 is 0. The number of ether oxygens (including phenoxy) is 4. The standard InChI is InChI=1S/C31H39N5O5/c1-31(2,3)41-30(37)35-11-9-34(10-12-35)25-7-5-22(17-27(25)38-4)23-6-8-26-28(18-23)40-21-29-32-24(20-36(26)29)19-33-13-15-39-16-14-33/h5-8,17-18,20H,9-16,19,21H2,1-4H3. The predicted octanol–water partition coefficient (Wildman–Crippen LogP) is 4.33. The Hall–Kier alpha value is -3.76. The molecule has 3 aromatic rings. The summed E-state index contributed by atoms with van der Waals surface area (Å²) in [5, 5.41) is 0. The number of amides is 1. The summed E-state index contributed by atoms with van der Waals surface area (Å²) in [4.78, 5) is 23.7. The van der Waals surface area contributed by atoms with Gasteiger partial charge in [0.15, 0.2) is 5.82 Å². The van der Waals surface area contributed by atoms with Crippen molar-refractivity contribution in [1.29, 1.82) is 0 Å². The van der Waals surface area contributed by atoms with Gasteiger partial charge in [0.05, 0.1) is 37.4 Å². The van der Waals surface area contributed by atoms with Crippen molar-refractivity contribution >= 4 is 11.8 Å². The number of hydrogen-bond acceptors (Lipinski definition) is 8. The smallest absolute Gasteiger partial charge is 0.410 e.